The van der Waals surface area contributed by atoms with E-state index in [0.717, 1.165) is 17.2 Å². The average molecular weight is 650 g/mol. The Kier molecular flexibility index (Phi) is 6.99. The molecular formula is C39H16F5N5. The van der Waals surface area contributed by atoms with Crippen molar-refractivity contribution in [1.29, 1.82) is 10.5 Å². The van der Waals surface area contributed by atoms with Crippen LogP contribution in [0.2, 0.25) is 0 Å². The van der Waals surface area contributed by atoms with E-state index in [1.54, 1.807) is 49.4 Å². The molecule has 49 heavy (non-hydrogen) atoms. The minimum Gasteiger partial charge on any atom is -0.248 e. The van der Waals surface area contributed by atoms with Crippen molar-refractivity contribution < 1.29 is 22.0 Å². The SMILES string of the molecule is [C-]#[N+]/C(C#N)=C1/c2cc(-c3ccc(F)c(C(F)(F)F)c3)ccc2-c2cc3c(nc21)-c1ccc(-c2ccc(F)c(C)c2)cc1/C3=C(/C#N)[N+]#[C-]. The van der Waals surface area contributed by atoms with Gasteiger partial charge >= 0.3 is 6.18 Å². The molecule has 0 bridgehead atoms. The predicted molar refractivity (Wildman–Crippen MR) is 172 cm³/mol. The number of hydrogen-bond acceptors (Lipinski definition) is 3. The number of nitriles is 2. The summed E-state index contributed by atoms with van der Waals surface area (Å²) in [7, 11) is 0. The molecule has 5 nitrogen and oxygen atoms in total. The summed E-state index contributed by atoms with van der Waals surface area (Å²) in [5.74, 6) is -1.77. The van der Waals surface area contributed by atoms with Crippen LogP contribution in [-0.2, 0) is 6.18 Å². The van der Waals surface area contributed by atoms with Crippen LogP contribution in [0.15, 0.2) is 90.3 Å². The van der Waals surface area contributed by atoms with Crippen molar-refractivity contribution in [2.45, 2.75) is 13.1 Å². The van der Waals surface area contributed by atoms with Gasteiger partial charge in [0.1, 0.15) is 11.6 Å². The minimum absolute atomic E-state index is 0.0747. The van der Waals surface area contributed by atoms with Crippen LogP contribution in [0.25, 0.3) is 65.5 Å². The van der Waals surface area contributed by atoms with Crippen molar-refractivity contribution in [2.24, 2.45) is 0 Å². The molecule has 7 rings (SSSR count). The lowest BCUT2D eigenvalue weighted by atomic mass is 9.95. The highest BCUT2D eigenvalue weighted by Gasteiger charge is 2.36. The van der Waals surface area contributed by atoms with E-state index in [1.165, 1.54) is 18.2 Å². The molecule has 0 atom stereocenters. The monoisotopic (exact) mass is 649 g/mol. The normalized spacial score (nSPS) is 14.3. The fraction of sp³-hybridized carbons (Fsp3) is 0.0513. The van der Waals surface area contributed by atoms with Gasteiger partial charge in [0.25, 0.3) is 11.4 Å². The molecule has 0 amide bonds. The van der Waals surface area contributed by atoms with Gasteiger partial charge in [0.15, 0.2) is 0 Å². The van der Waals surface area contributed by atoms with Crippen LogP contribution in [0.1, 0.15) is 33.5 Å². The molecule has 0 N–H and O–H groups in total. The van der Waals surface area contributed by atoms with Gasteiger partial charge in [0, 0.05) is 22.3 Å². The Morgan fingerprint density at radius 1 is 0.612 bits per heavy atom. The summed E-state index contributed by atoms with van der Waals surface area (Å²) in [6.07, 6.45) is -4.92. The van der Waals surface area contributed by atoms with Crippen LogP contribution in [0.4, 0.5) is 22.0 Å². The second-order valence-corrected chi connectivity index (χ2v) is 11.4. The van der Waals surface area contributed by atoms with Crippen molar-refractivity contribution in [3.8, 4) is 56.8 Å². The third-order valence-electron chi connectivity index (χ3n) is 8.66. The smallest absolute Gasteiger partial charge is 0.248 e. The second kappa shape index (κ2) is 11.1. The first-order chi connectivity index (χ1) is 23.5. The predicted octanol–water partition coefficient (Wildman–Crippen LogP) is 10.4. The molecule has 4 aromatic carbocycles. The fourth-order valence-corrected chi connectivity index (χ4v) is 6.40. The number of benzene rings is 4. The number of aryl methyl sites for hydroxylation is 1. The summed E-state index contributed by atoms with van der Waals surface area (Å²) in [6.45, 7) is 17.2. The van der Waals surface area contributed by atoms with Gasteiger partial charge in [0.2, 0.25) is 0 Å². The van der Waals surface area contributed by atoms with Crippen molar-refractivity contribution in [3.05, 3.63) is 158 Å². The average Bonchev–Trinajstić information content (AvgIpc) is 3.57. The Morgan fingerprint density at radius 3 is 1.73 bits per heavy atom. The Balaban J connectivity index is 1.46. The highest BCUT2D eigenvalue weighted by Crippen LogP contribution is 2.53. The number of pyridine rings is 1. The number of nitrogens with zero attached hydrogens (tertiary/aromatic N) is 5. The summed E-state index contributed by atoms with van der Waals surface area (Å²) >= 11 is 0. The van der Waals surface area contributed by atoms with Gasteiger partial charge in [-0.3, -0.25) is 0 Å². The standard InChI is InChI=1S/C39H16F5N5/c1-19-12-20(6-10-31(19)40)21-5-9-25-27(14-21)35(33(17-45)47-2)29-16-28-24-8-4-22(23-7-11-32(41)30(15-23)39(42,43)44)13-26(24)36(34(18-46)48-3)38(28)49-37(25)29/h4-16H,1H3/b35-33+,36-34-. The zero-order chi connectivity index (χ0) is 34.8. The minimum atomic E-state index is -4.92. The maximum atomic E-state index is 14.1. The van der Waals surface area contributed by atoms with E-state index in [0.29, 0.717) is 61.8 Å². The van der Waals surface area contributed by atoms with Crippen molar-refractivity contribution in [2.75, 3.05) is 0 Å². The molecule has 0 radical (unpaired) electrons. The molecule has 0 fully saturated rings. The molecule has 1 aromatic heterocycles. The molecule has 0 saturated heterocycles. The van der Waals surface area contributed by atoms with E-state index in [-0.39, 0.29) is 34.0 Å². The maximum Gasteiger partial charge on any atom is 0.419 e. The molecule has 0 spiro atoms. The lowest BCUT2D eigenvalue weighted by Crippen LogP contribution is -2.08. The largest absolute Gasteiger partial charge is 0.419 e. The summed E-state index contributed by atoms with van der Waals surface area (Å²) in [5, 5.41) is 20.0. The molecule has 10 heteroatoms. The summed E-state index contributed by atoms with van der Waals surface area (Å²) in [4.78, 5) is 11.8. The van der Waals surface area contributed by atoms with Crippen molar-refractivity contribution >= 4 is 11.1 Å². The number of alkyl halides is 3. The zero-order valence-electron chi connectivity index (χ0n) is 25.1. The quantitative estimate of drug-likeness (QED) is 0.106. The second-order valence-electron chi connectivity index (χ2n) is 11.4. The van der Waals surface area contributed by atoms with E-state index in [4.69, 9.17) is 18.1 Å². The first kappa shape index (κ1) is 30.8. The fourth-order valence-electron chi connectivity index (χ4n) is 6.40. The van der Waals surface area contributed by atoms with Gasteiger partial charge < -0.3 is 0 Å². The van der Waals surface area contributed by atoms with E-state index in [2.05, 4.69) is 9.69 Å². The maximum absolute atomic E-state index is 14.1. The number of rotatable bonds is 2. The van der Waals surface area contributed by atoms with Crippen LogP contribution in [0.5, 0.6) is 0 Å². The Labute approximate surface area is 276 Å². The van der Waals surface area contributed by atoms with Gasteiger partial charge in [-0.05, 0) is 99.5 Å². The number of allylic oxidation sites excluding steroid dienone is 2. The van der Waals surface area contributed by atoms with Gasteiger partial charge in [-0.25, -0.2) is 34.0 Å². The van der Waals surface area contributed by atoms with E-state index < -0.39 is 17.6 Å². The van der Waals surface area contributed by atoms with E-state index in [1.807, 2.05) is 18.2 Å². The van der Waals surface area contributed by atoms with Gasteiger partial charge in [0.05, 0.1) is 42.2 Å². The molecule has 0 saturated carbocycles. The molecule has 0 aliphatic heterocycles. The molecule has 232 valence electrons. The first-order valence-corrected chi connectivity index (χ1v) is 14.5. The van der Waals surface area contributed by atoms with Crippen LogP contribution in [-0.4, -0.2) is 4.98 Å². The lowest BCUT2D eigenvalue weighted by molar-refractivity contribution is -0.139. The number of aromatic nitrogens is 1. The van der Waals surface area contributed by atoms with Crippen LogP contribution < -0.4 is 0 Å². The summed E-state index contributed by atoms with van der Waals surface area (Å²) < 4.78 is 68.7. The van der Waals surface area contributed by atoms with Crippen LogP contribution in [0, 0.1) is 54.4 Å². The van der Waals surface area contributed by atoms with Crippen LogP contribution >= 0.6 is 0 Å². The molecule has 1 heterocycles. The van der Waals surface area contributed by atoms with E-state index in [9.17, 15) is 32.5 Å². The molecule has 0 unspecified atom stereocenters. The lowest BCUT2D eigenvalue weighted by Gasteiger charge is -2.11. The number of fused-ring (bicyclic) bond motifs is 6. The first-order valence-electron chi connectivity index (χ1n) is 14.5. The molecule has 2 aliphatic carbocycles. The summed E-state index contributed by atoms with van der Waals surface area (Å²) in [5.41, 5.74) is 4.55. The summed E-state index contributed by atoms with van der Waals surface area (Å²) in [6, 6.07) is 23.1. The highest BCUT2D eigenvalue weighted by molar-refractivity contribution is 6.09. The third-order valence-corrected chi connectivity index (χ3v) is 8.66. The number of hydrogen-bond donors (Lipinski definition) is 0. The molecule has 5 aromatic rings. The molecular weight excluding hydrogens is 633 g/mol. The van der Waals surface area contributed by atoms with Gasteiger partial charge in [-0.15, -0.1) is 0 Å². The molecule has 2 aliphatic rings. The Bertz CT molecular complexity index is 2530. The van der Waals surface area contributed by atoms with Crippen LogP contribution in [0.3, 0.4) is 0 Å². The third kappa shape index (κ3) is 4.75. The topological polar surface area (TPSA) is 69.2 Å². The zero-order valence-corrected chi connectivity index (χ0v) is 25.1. The van der Waals surface area contributed by atoms with E-state index >= 15 is 0 Å². The van der Waals surface area contributed by atoms with Crippen molar-refractivity contribution in [3.63, 3.8) is 0 Å². The Morgan fingerprint density at radius 2 is 1.14 bits per heavy atom. The van der Waals surface area contributed by atoms with Gasteiger partial charge in [-0.2, -0.15) is 13.2 Å². The Hall–Kier alpha value is -6.88. The highest BCUT2D eigenvalue weighted by atomic mass is 19.4. The van der Waals surface area contributed by atoms with Crippen molar-refractivity contribution in [1.82, 2.24) is 4.98 Å². The number of halogens is 5. The van der Waals surface area contributed by atoms with Gasteiger partial charge in [-0.1, -0.05) is 36.4 Å².